The van der Waals surface area contributed by atoms with E-state index < -0.39 is 0 Å². The molecule has 0 unspecified atom stereocenters. The van der Waals surface area contributed by atoms with E-state index in [-0.39, 0.29) is 0 Å². The minimum atomic E-state index is 0.778. The van der Waals surface area contributed by atoms with E-state index in [0.717, 1.165) is 25.0 Å². The van der Waals surface area contributed by atoms with Gasteiger partial charge in [-0.05, 0) is 76.2 Å². The van der Waals surface area contributed by atoms with E-state index in [2.05, 4.69) is 62.6 Å². The van der Waals surface area contributed by atoms with Crippen LogP contribution in [0.25, 0.3) is 0 Å². The summed E-state index contributed by atoms with van der Waals surface area (Å²) in [6, 6.07) is 8.58. The molecular formula is C23H40N2. The highest BCUT2D eigenvalue weighted by molar-refractivity contribution is 5.31. The Hall–Kier alpha value is -0.860. The van der Waals surface area contributed by atoms with Gasteiger partial charge in [0.05, 0.1) is 0 Å². The highest BCUT2D eigenvalue weighted by Gasteiger charge is 2.27. The highest BCUT2D eigenvalue weighted by Crippen LogP contribution is 2.24. The quantitative estimate of drug-likeness (QED) is 0.590. The molecule has 0 atom stereocenters. The Kier molecular flexibility index (Phi) is 8.45. The molecule has 2 heteroatoms. The Morgan fingerprint density at radius 3 is 2.28 bits per heavy atom. The molecule has 0 bridgehead atoms. The van der Waals surface area contributed by atoms with Gasteiger partial charge in [-0.15, -0.1) is 0 Å². The van der Waals surface area contributed by atoms with E-state index in [0.29, 0.717) is 0 Å². The fraction of sp³-hybridized carbons (Fsp3) is 0.739. The minimum Gasteiger partial charge on any atom is -0.299 e. The molecule has 1 saturated heterocycles. The summed E-state index contributed by atoms with van der Waals surface area (Å²) in [5, 5.41) is 0. The van der Waals surface area contributed by atoms with Crippen LogP contribution in [-0.4, -0.2) is 41.5 Å². The van der Waals surface area contributed by atoms with Crippen molar-refractivity contribution in [3.05, 3.63) is 34.9 Å². The maximum Gasteiger partial charge on any atom is 0.0236 e. The van der Waals surface area contributed by atoms with Crippen molar-refractivity contribution < 1.29 is 0 Å². The molecule has 142 valence electrons. The maximum atomic E-state index is 2.83. The van der Waals surface area contributed by atoms with Gasteiger partial charge in [0, 0.05) is 18.6 Å². The van der Waals surface area contributed by atoms with Crippen molar-refractivity contribution in [2.24, 2.45) is 0 Å². The average molecular weight is 345 g/mol. The summed E-state index contributed by atoms with van der Waals surface area (Å²) in [4.78, 5) is 5.51. The highest BCUT2D eigenvalue weighted by atomic mass is 15.2. The van der Waals surface area contributed by atoms with Crippen LogP contribution in [0, 0.1) is 6.92 Å². The number of aryl methyl sites for hydroxylation is 2. The van der Waals surface area contributed by atoms with E-state index in [1.165, 1.54) is 68.4 Å². The van der Waals surface area contributed by atoms with Gasteiger partial charge in [0.1, 0.15) is 0 Å². The smallest absolute Gasteiger partial charge is 0.0236 e. The largest absolute Gasteiger partial charge is 0.299 e. The van der Waals surface area contributed by atoms with Crippen LogP contribution in [0.1, 0.15) is 76.5 Å². The standard InChI is InChI=1S/C23H40N2/c1-6-14-25(22(8-3)9-4)23-12-15-24(16-13-23)18-21-11-10-19(5)17-20(21)7-2/h10-11,17,22-23H,6-9,12-16,18H2,1-5H3. The van der Waals surface area contributed by atoms with Crippen molar-refractivity contribution in [2.75, 3.05) is 19.6 Å². The van der Waals surface area contributed by atoms with E-state index in [9.17, 15) is 0 Å². The van der Waals surface area contributed by atoms with Gasteiger partial charge in [0.2, 0.25) is 0 Å². The van der Waals surface area contributed by atoms with E-state index in [1.807, 2.05) is 0 Å². The lowest BCUT2D eigenvalue weighted by molar-refractivity contribution is 0.0668. The van der Waals surface area contributed by atoms with Crippen molar-refractivity contribution in [3.8, 4) is 0 Å². The molecule has 2 rings (SSSR count). The van der Waals surface area contributed by atoms with E-state index in [1.54, 1.807) is 0 Å². The monoisotopic (exact) mass is 344 g/mol. The number of nitrogens with zero attached hydrogens (tertiary/aromatic N) is 2. The molecule has 0 N–H and O–H groups in total. The second-order valence-corrected chi connectivity index (χ2v) is 7.84. The lowest BCUT2D eigenvalue weighted by atomic mass is 9.97. The van der Waals surface area contributed by atoms with Gasteiger partial charge in [0.15, 0.2) is 0 Å². The maximum absolute atomic E-state index is 2.83. The average Bonchev–Trinajstić information content (AvgIpc) is 2.64. The number of likely N-dealkylation sites (tertiary alicyclic amines) is 1. The molecule has 0 amide bonds. The Labute approximate surface area is 156 Å². The second-order valence-electron chi connectivity index (χ2n) is 7.84. The lowest BCUT2D eigenvalue weighted by Crippen LogP contribution is -2.49. The van der Waals surface area contributed by atoms with Crippen LogP contribution < -0.4 is 0 Å². The zero-order valence-electron chi connectivity index (χ0n) is 17.4. The second kappa shape index (κ2) is 10.3. The van der Waals surface area contributed by atoms with Crippen LogP contribution >= 0.6 is 0 Å². The van der Waals surface area contributed by atoms with Crippen LogP contribution in [0.4, 0.5) is 0 Å². The Balaban J connectivity index is 1.94. The number of hydrogen-bond donors (Lipinski definition) is 0. The van der Waals surface area contributed by atoms with Gasteiger partial charge in [0.25, 0.3) is 0 Å². The van der Waals surface area contributed by atoms with Crippen LogP contribution in [-0.2, 0) is 13.0 Å². The summed E-state index contributed by atoms with van der Waals surface area (Å²) in [5.41, 5.74) is 4.46. The number of rotatable bonds is 9. The van der Waals surface area contributed by atoms with Crippen molar-refractivity contribution in [1.82, 2.24) is 9.80 Å². The Bertz CT molecular complexity index is 499. The molecule has 25 heavy (non-hydrogen) atoms. The third-order valence-corrected chi connectivity index (χ3v) is 6.06. The molecule has 2 nitrogen and oxygen atoms in total. The van der Waals surface area contributed by atoms with Crippen LogP contribution in [0.5, 0.6) is 0 Å². The summed E-state index contributed by atoms with van der Waals surface area (Å²) >= 11 is 0. The molecule has 0 aromatic heterocycles. The molecule has 1 aliphatic heterocycles. The van der Waals surface area contributed by atoms with Crippen LogP contribution in [0.2, 0.25) is 0 Å². The molecule has 0 radical (unpaired) electrons. The minimum absolute atomic E-state index is 0.778. The molecule has 0 spiro atoms. The third kappa shape index (κ3) is 5.56. The predicted octanol–water partition coefficient (Wildman–Crippen LogP) is 5.42. The molecule has 1 aliphatic rings. The molecule has 0 saturated carbocycles. The lowest BCUT2D eigenvalue weighted by Gasteiger charge is -2.42. The fourth-order valence-corrected chi connectivity index (χ4v) is 4.57. The summed E-state index contributed by atoms with van der Waals surface area (Å²) in [6.45, 7) is 16.4. The number of piperidine rings is 1. The number of hydrogen-bond acceptors (Lipinski definition) is 2. The zero-order chi connectivity index (χ0) is 18.2. The molecule has 1 fully saturated rings. The van der Waals surface area contributed by atoms with Gasteiger partial charge in [-0.25, -0.2) is 0 Å². The zero-order valence-corrected chi connectivity index (χ0v) is 17.4. The van der Waals surface area contributed by atoms with E-state index >= 15 is 0 Å². The van der Waals surface area contributed by atoms with Crippen molar-refractivity contribution in [2.45, 2.75) is 91.8 Å². The molecule has 0 aliphatic carbocycles. The molecular weight excluding hydrogens is 304 g/mol. The SMILES string of the molecule is CCCN(C(CC)CC)C1CCN(Cc2ccc(C)cc2CC)CC1. The molecule has 1 aromatic carbocycles. The predicted molar refractivity (Wildman–Crippen MR) is 110 cm³/mol. The first-order valence-electron chi connectivity index (χ1n) is 10.7. The summed E-state index contributed by atoms with van der Waals surface area (Å²) in [6.07, 6.45) is 7.68. The van der Waals surface area contributed by atoms with Crippen molar-refractivity contribution in [1.29, 1.82) is 0 Å². The summed E-state index contributed by atoms with van der Waals surface area (Å²) in [7, 11) is 0. The first-order valence-corrected chi connectivity index (χ1v) is 10.7. The van der Waals surface area contributed by atoms with Crippen LogP contribution in [0.3, 0.4) is 0 Å². The van der Waals surface area contributed by atoms with Crippen molar-refractivity contribution in [3.63, 3.8) is 0 Å². The van der Waals surface area contributed by atoms with Gasteiger partial charge < -0.3 is 0 Å². The molecule has 1 aromatic rings. The Morgan fingerprint density at radius 2 is 1.72 bits per heavy atom. The topological polar surface area (TPSA) is 6.48 Å². The van der Waals surface area contributed by atoms with E-state index in [4.69, 9.17) is 0 Å². The first kappa shape index (κ1) is 20.5. The third-order valence-electron chi connectivity index (χ3n) is 6.06. The van der Waals surface area contributed by atoms with Gasteiger partial charge in [-0.2, -0.15) is 0 Å². The van der Waals surface area contributed by atoms with Gasteiger partial charge in [-0.1, -0.05) is 51.5 Å². The first-order chi connectivity index (χ1) is 12.1. The van der Waals surface area contributed by atoms with Crippen LogP contribution in [0.15, 0.2) is 18.2 Å². The fourth-order valence-electron chi connectivity index (χ4n) is 4.57. The molecule has 1 heterocycles. The summed E-state index contributed by atoms with van der Waals surface area (Å²) in [5.74, 6) is 0. The normalized spacial score (nSPS) is 16.9. The number of benzene rings is 1. The van der Waals surface area contributed by atoms with Gasteiger partial charge in [-0.3, -0.25) is 9.80 Å². The van der Waals surface area contributed by atoms with Gasteiger partial charge >= 0.3 is 0 Å². The summed E-state index contributed by atoms with van der Waals surface area (Å²) < 4.78 is 0. The van der Waals surface area contributed by atoms with Crippen molar-refractivity contribution >= 4 is 0 Å². The Morgan fingerprint density at radius 1 is 1.04 bits per heavy atom.